The van der Waals surface area contributed by atoms with Gasteiger partial charge in [0.15, 0.2) is 0 Å². The lowest BCUT2D eigenvalue weighted by Crippen LogP contribution is -2.45. The number of rotatable bonds is 5. The highest BCUT2D eigenvalue weighted by molar-refractivity contribution is 5.29. The summed E-state index contributed by atoms with van der Waals surface area (Å²) in [7, 11) is 4.14. The number of hydrogen-bond donors (Lipinski definition) is 1. The van der Waals surface area contributed by atoms with Crippen LogP contribution >= 0.6 is 0 Å². The molecule has 140 valence electrons. The van der Waals surface area contributed by atoms with Crippen molar-refractivity contribution < 1.29 is 9.50 Å². The number of halogens is 1. The normalized spacial score (nSPS) is 26.2. The van der Waals surface area contributed by atoms with Crippen molar-refractivity contribution in [2.75, 3.05) is 20.6 Å². The zero-order valence-corrected chi connectivity index (χ0v) is 16.1. The molecule has 2 aromatic carbocycles. The molecule has 2 nitrogen and oxygen atoms in total. The maximum atomic E-state index is 13.2. The van der Waals surface area contributed by atoms with Crippen molar-refractivity contribution in [3.63, 3.8) is 0 Å². The predicted molar refractivity (Wildman–Crippen MR) is 105 cm³/mol. The molecule has 1 saturated carbocycles. The van der Waals surface area contributed by atoms with Gasteiger partial charge in [-0.15, -0.1) is 0 Å². The number of aryl methyl sites for hydroxylation is 1. The van der Waals surface area contributed by atoms with E-state index in [1.165, 1.54) is 11.1 Å². The van der Waals surface area contributed by atoms with E-state index < -0.39 is 5.60 Å². The summed E-state index contributed by atoms with van der Waals surface area (Å²) in [5.41, 5.74) is 2.65. The van der Waals surface area contributed by atoms with E-state index in [1.807, 2.05) is 18.2 Å². The van der Waals surface area contributed by atoms with Gasteiger partial charge in [0.25, 0.3) is 0 Å². The Hall–Kier alpha value is -1.71. The Morgan fingerprint density at radius 3 is 2.54 bits per heavy atom. The molecule has 1 aliphatic rings. The van der Waals surface area contributed by atoms with Gasteiger partial charge in [-0.1, -0.05) is 42.0 Å². The number of nitrogens with zero attached hydrogens (tertiary/aromatic N) is 1. The van der Waals surface area contributed by atoms with Crippen LogP contribution in [0.3, 0.4) is 0 Å². The van der Waals surface area contributed by atoms with Crippen LogP contribution in [-0.2, 0) is 12.0 Å². The molecule has 0 aromatic heterocycles. The largest absolute Gasteiger partial charge is 0.385 e. The molecule has 0 saturated heterocycles. The van der Waals surface area contributed by atoms with Crippen LogP contribution in [0, 0.1) is 24.6 Å². The molecule has 0 radical (unpaired) electrons. The highest BCUT2D eigenvalue weighted by Gasteiger charge is 2.43. The summed E-state index contributed by atoms with van der Waals surface area (Å²) in [6.45, 7) is 2.94. The summed E-state index contributed by atoms with van der Waals surface area (Å²) in [4.78, 5) is 2.17. The van der Waals surface area contributed by atoms with Crippen LogP contribution < -0.4 is 0 Å². The molecule has 0 heterocycles. The first kappa shape index (κ1) is 19.1. The van der Waals surface area contributed by atoms with Crippen molar-refractivity contribution in [3.05, 3.63) is 71.0 Å². The molecule has 3 rings (SSSR count). The molecule has 0 aliphatic heterocycles. The highest BCUT2D eigenvalue weighted by Crippen LogP contribution is 2.45. The molecule has 1 N–H and O–H groups in total. The SMILES string of the molecule is Cc1cccc(C2(O)CCC(Cc3ccc(F)cc3)CC2CN(C)C)c1. The first-order chi connectivity index (χ1) is 12.4. The first-order valence-electron chi connectivity index (χ1n) is 9.55. The maximum Gasteiger partial charge on any atom is 0.123 e. The van der Waals surface area contributed by atoms with Gasteiger partial charge >= 0.3 is 0 Å². The van der Waals surface area contributed by atoms with Crippen LogP contribution in [0.1, 0.15) is 36.0 Å². The topological polar surface area (TPSA) is 23.5 Å². The van der Waals surface area contributed by atoms with E-state index in [9.17, 15) is 9.50 Å². The van der Waals surface area contributed by atoms with E-state index in [2.05, 4.69) is 44.1 Å². The van der Waals surface area contributed by atoms with Crippen molar-refractivity contribution in [2.45, 2.75) is 38.2 Å². The monoisotopic (exact) mass is 355 g/mol. The minimum Gasteiger partial charge on any atom is -0.385 e. The lowest BCUT2D eigenvalue weighted by atomic mass is 9.66. The molecule has 26 heavy (non-hydrogen) atoms. The van der Waals surface area contributed by atoms with Crippen molar-refractivity contribution >= 4 is 0 Å². The van der Waals surface area contributed by atoms with Crippen LogP contribution in [0.5, 0.6) is 0 Å². The smallest absolute Gasteiger partial charge is 0.123 e. The fourth-order valence-corrected chi connectivity index (χ4v) is 4.44. The lowest BCUT2D eigenvalue weighted by molar-refractivity contribution is -0.0752. The number of aliphatic hydroxyl groups is 1. The van der Waals surface area contributed by atoms with E-state index in [-0.39, 0.29) is 11.7 Å². The van der Waals surface area contributed by atoms with Crippen molar-refractivity contribution in [1.29, 1.82) is 0 Å². The fraction of sp³-hybridized carbons (Fsp3) is 0.478. The second kappa shape index (κ2) is 7.89. The zero-order chi connectivity index (χ0) is 18.7. The molecule has 3 atom stereocenters. The number of benzene rings is 2. The molecule has 2 aromatic rings. The number of hydrogen-bond acceptors (Lipinski definition) is 2. The summed E-state index contributed by atoms with van der Waals surface area (Å²) in [6.07, 6.45) is 3.71. The Morgan fingerprint density at radius 1 is 1.15 bits per heavy atom. The second-order valence-electron chi connectivity index (χ2n) is 8.22. The van der Waals surface area contributed by atoms with Gasteiger partial charge < -0.3 is 10.0 Å². The molecular weight excluding hydrogens is 325 g/mol. The summed E-state index contributed by atoms with van der Waals surface area (Å²) in [5, 5.41) is 11.6. The summed E-state index contributed by atoms with van der Waals surface area (Å²) in [6, 6.07) is 15.2. The van der Waals surface area contributed by atoms with Gasteiger partial charge in [0.05, 0.1) is 5.60 Å². The molecule has 0 bridgehead atoms. The van der Waals surface area contributed by atoms with Crippen molar-refractivity contribution in [3.8, 4) is 0 Å². The van der Waals surface area contributed by atoms with Gasteiger partial charge in [-0.2, -0.15) is 0 Å². The van der Waals surface area contributed by atoms with Gasteiger partial charge in [0.1, 0.15) is 5.82 Å². The van der Waals surface area contributed by atoms with Crippen LogP contribution in [0.4, 0.5) is 4.39 Å². The van der Waals surface area contributed by atoms with Crippen molar-refractivity contribution in [1.82, 2.24) is 4.90 Å². The molecule has 1 fully saturated rings. The quantitative estimate of drug-likeness (QED) is 0.851. The van der Waals surface area contributed by atoms with E-state index >= 15 is 0 Å². The van der Waals surface area contributed by atoms with E-state index in [4.69, 9.17) is 0 Å². The third-order valence-corrected chi connectivity index (χ3v) is 5.77. The lowest BCUT2D eigenvalue weighted by Gasteiger charge is -2.45. The molecule has 3 heteroatoms. The molecule has 1 aliphatic carbocycles. The fourth-order valence-electron chi connectivity index (χ4n) is 4.44. The Bertz CT molecular complexity index is 727. The summed E-state index contributed by atoms with van der Waals surface area (Å²) >= 11 is 0. The van der Waals surface area contributed by atoms with Gasteiger partial charge in [-0.3, -0.25) is 0 Å². The van der Waals surface area contributed by atoms with Crippen LogP contribution in [0.15, 0.2) is 48.5 Å². The maximum absolute atomic E-state index is 13.2. The van der Waals surface area contributed by atoms with Crippen molar-refractivity contribution in [2.24, 2.45) is 11.8 Å². The first-order valence-corrected chi connectivity index (χ1v) is 9.55. The van der Waals surface area contributed by atoms with E-state index in [1.54, 1.807) is 12.1 Å². The Kier molecular flexibility index (Phi) is 5.79. The second-order valence-corrected chi connectivity index (χ2v) is 8.22. The Morgan fingerprint density at radius 2 is 1.88 bits per heavy atom. The molecule has 0 amide bonds. The predicted octanol–water partition coefficient (Wildman–Crippen LogP) is 4.54. The van der Waals surface area contributed by atoms with E-state index in [0.717, 1.165) is 37.8 Å². The molecular formula is C23H30FNO. The minimum absolute atomic E-state index is 0.184. The summed E-state index contributed by atoms with van der Waals surface area (Å²) < 4.78 is 13.2. The van der Waals surface area contributed by atoms with E-state index in [0.29, 0.717) is 5.92 Å². The summed E-state index contributed by atoms with van der Waals surface area (Å²) in [5.74, 6) is 0.533. The van der Waals surface area contributed by atoms with Crippen LogP contribution in [0.25, 0.3) is 0 Å². The average Bonchev–Trinajstić information content (AvgIpc) is 2.59. The van der Waals surface area contributed by atoms with Gasteiger partial charge in [0, 0.05) is 12.5 Å². The molecule has 3 unspecified atom stereocenters. The highest BCUT2D eigenvalue weighted by atomic mass is 19.1. The third-order valence-electron chi connectivity index (χ3n) is 5.77. The average molecular weight is 355 g/mol. The van der Waals surface area contributed by atoms with Crippen LogP contribution in [0.2, 0.25) is 0 Å². The van der Waals surface area contributed by atoms with Gasteiger partial charge in [-0.25, -0.2) is 4.39 Å². The Balaban J connectivity index is 1.79. The zero-order valence-electron chi connectivity index (χ0n) is 16.1. The van der Waals surface area contributed by atoms with Crippen LogP contribution in [-0.4, -0.2) is 30.6 Å². The third kappa shape index (κ3) is 4.33. The minimum atomic E-state index is -0.768. The Labute approximate surface area is 156 Å². The van der Waals surface area contributed by atoms with Gasteiger partial charge in [-0.05, 0) is 75.9 Å². The molecule has 0 spiro atoms. The standard InChI is InChI=1S/C23H30FNO/c1-17-5-4-6-20(13-17)23(26)12-11-19(15-21(23)16-25(2)3)14-18-7-9-22(24)10-8-18/h4-10,13,19,21,26H,11-12,14-16H2,1-3H3. The van der Waals surface area contributed by atoms with Gasteiger partial charge in [0.2, 0.25) is 0 Å².